The lowest BCUT2D eigenvalue weighted by Gasteiger charge is -2.31. The first-order valence-electron chi connectivity index (χ1n) is 18.4. The molecule has 2 aromatic carbocycles. The highest BCUT2D eigenvalue weighted by molar-refractivity contribution is 5.95. The third kappa shape index (κ3) is 12.8. The molecule has 0 aromatic heterocycles. The topological polar surface area (TPSA) is 149 Å². The third-order valence-electron chi connectivity index (χ3n) is 9.00. The molecule has 2 aliphatic rings. The molecule has 14 heteroatoms. The Hall–Kier alpha value is -4.53. The number of unbranched alkanes of at least 4 members (excludes halogenated alkanes) is 4. The van der Waals surface area contributed by atoms with Crippen molar-refractivity contribution in [2.75, 3.05) is 19.8 Å². The van der Waals surface area contributed by atoms with Gasteiger partial charge in [0.1, 0.15) is 18.3 Å². The SMILES string of the molecule is CCCCCC1(CCCCC)O[C@@H]2[C@@H](C=C(C(=O)NCc3cccc(C(=O)NCCO)c3)C[C@H]2OC(=O)c2cccc(C=CC(=O)OCC(F)(F)F)c2)O1. The van der Waals surface area contributed by atoms with Crippen molar-refractivity contribution in [1.82, 2.24) is 10.6 Å². The molecular formula is C40H49F3N2O9. The maximum absolute atomic E-state index is 13.6. The zero-order valence-electron chi connectivity index (χ0n) is 30.6. The highest BCUT2D eigenvalue weighted by Gasteiger charge is 2.52. The normalized spacial score (nSPS) is 19.1. The largest absolute Gasteiger partial charge is 0.456 e. The minimum absolute atomic E-state index is 0.0242. The van der Waals surface area contributed by atoms with E-state index in [1.54, 1.807) is 36.4 Å². The van der Waals surface area contributed by atoms with Gasteiger partial charge in [-0.1, -0.05) is 63.8 Å². The zero-order chi connectivity index (χ0) is 39.1. The maximum atomic E-state index is 13.6. The smallest absolute Gasteiger partial charge is 0.422 e. The molecule has 0 saturated carbocycles. The van der Waals surface area contributed by atoms with Crippen molar-refractivity contribution in [3.8, 4) is 0 Å². The van der Waals surface area contributed by atoms with E-state index in [0.717, 1.165) is 44.6 Å². The van der Waals surface area contributed by atoms with Gasteiger partial charge in [0.15, 0.2) is 12.4 Å². The number of fused-ring (bicyclic) bond motifs is 1. The quantitative estimate of drug-likeness (QED) is 0.0848. The fourth-order valence-electron chi connectivity index (χ4n) is 6.33. The van der Waals surface area contributed by atoms with E-state index in [4.69, 9.17) is 19.3 Å². The van der Waals surface area contributed by atoms with Gasteiger partial charge in [-0.25, -0.2) is 9.59 Å². The van der Waals surface area contributed by atoms with Crippen LogP contribution in [0.2, 0.25) is 0 Å². The van der Waals surface area contributed by atoms with Crippen molar-refractivity contribution in [3.63, 3.8) is 0 Å². The van der Waals surface area contributed by atoms with Crippen LogP contribution >= 0.6 is 0 Å². The molecule has 2 aromatic rings. The number of nitrogens with one attached hydrogen (secondary N) is 2. The number of amides is 2. The summed E-state index contributed by atoms with van der Waals surface area (Å²) in [5, 5.41) is 14.5. The third-order valence-corrected chi connectivity index (χ3v) is 9.00. The number of carbonyl (C=O) groups is 4. The number of ether oxygens (including phenoxy) is 4. The Morgan fingerprint density at radius 3 is 2.31 bits per heavy atom. The van der Waals surface area contributed by atoms with Crippen LogP contribution in [0.1, 0.15) is 103 Å². The lowest BCUT2D eigenvalue weighted by molar-refractivity contribution is -0.190. The van der Waals surface area contributed by atoms with Crippen molar-refractivity contribution in [1.29, 1.82) is 0 Å². The zero-order valence-corrected chi connectivity index (χ0v) is 30.6. The van der Waals surface area contributed by atoms with Gasteiger partial charge in [-0.05, 0) is 60.4 Å². The highest BCUT2D eigenvalue weighted by Crippen LogP contribution is 2.43. The number of esters is 2. The van der Waals surface area contributed by atoms with Crippen LogP contribution in [0.3, 0.4) is 0 Å². The van der Waals surface area contributed by atoms with E-state index in [0.29, 0.717) is 35.1 Å². The van der Waals surface area contributed by atoms with Crippen molar-refractivity contribution in [2.24, 2.45) is 0 Å². The molecule has 1 aliphatic carbocycles. The Labute approximate surface area is 313 Å². The minimum Gasteiger partial charge on any atom is -0.456 e. The van der Waals surface area contributed by atoms with Crippen LogP contribution in [0.25, 0.3) is 6.08 Å². The van der Waals surface area contributed by atoms with Gasteiger partial charge in [-0.2, -0.15) is 13.2 Å². The Bertz CT molecular complexity index is 1650. The molecule has 0 spiro atoms. The number of hydrogen-bond acceptors (Lipinski definition) is 9. The summed E-state index contributed by atoms with van der Waals surface area (Å²) < 4.78 is 60.8. The molecule has 0 bridgehead atoms. The number of halogens is 3. The Balaban J connectivity index is 1.53. The average molecular weight is 759 g/mol. The molecule has 3 N–H and O–H groups in total. The first-order valence-corrected chi connectivity index (χ1v) is 18.4. The van der Waals surface area contributed by atoms with E-state index in [2.05, 4.69) is 29.2 Å². The van der Waals surface area contributed by atoms with Crippen LogP contribution in [-0.2, 0) is 35.1 Å². The Kier molecular flexibility index (Phi) is 15.8. The molecule has 0 radical (unpaired) electrons. The summed E-state index contributed by atoms with van der Waals surface area (Å²) in [6, 6.07) is 12.7. The summed E-state index contributed by atoms with van der Waals surface area (Å²) in [6.07, 6.45) is 3.82. The van der Waals surface area contributed by atoms with Crippen molar-refractivity contribution in [2.45, 2.75) is 108 Å². The monoisotopic (exact) mass is 758 g/mol. The second-order valence-corrected chi connectivity index (χ2v) is 13.4. The summed E-state index contributed by atoms with van der Waals surface area (Å²) in [6.45, 7) is 2.52. The van der Waals surface area contributed by atoms with Crippen molar-refractivity contribution < 1.29 is 56.4 Å². The van der Waals surface area contributed by atoms with Gasteiger partial charge < -0.3 is 34.7 Å². The lowest BCUT2D eigenvalue weighted by atomic mass is 9.91. The molecule has 1 aliphatic heterocycles. The van der Waals surface area contributed by atoms with Crippen molar-refractivity contribution >= 4 is 29.8 Å². The van der Waals surface area contributed by atoms with Gasteiger partial charge in [-0.15, -0.1) is 0 Å². The lowest BCUT2D eigenvalue weighted by Crippen LogP contribution is -2.43. The van der Waals surface area contributed by atoms with Crippen molar-refractivity contribution in [3.05, 3.63) is 88.5 Å². The van der Waals surface area contributed by atoms with Gasteiger partial charge in [0.05, 0.1) is 12.2 Å². The molecule has 1 heterocycles. The van der Waals surface area contributed by atoms with Gasteiger partial charge in [0, 0.05) is 49.6 Å². The van der Waals surface area contributed by atoms with Gasteiger partial charge >= 0.3 is 18.1 Å². The van der Waals surface area contributed by atoms with E-state index >= 15 is 0 Å². The number of benzene rings is 2. The number of aliphatic hydroxyl groups is 1. The number of rotatable bonds is 19. The van der Waals surface area contributed by atoms with Crippen LogP contribution in [0.15, 0.2) is 66.3 Å². The second kappa shape index (κ2) is 20.2. The first kappa shape index (κ1) is 42.2. The average Bonchev–Trinajstić information content (AvgIpc) is 3.53. The summed E-state index contributed by atoms with van der Waals surface area (Å²) in [5.74, 6) is -3.61. The standard InChI is InChI=1S/C40H49F3N2O9/c1-3-5-7-17-39(18-8-6-4-2)53-33-24-31(37(49)45-25-28-12-10-13-29(22-28)36(48)44-19-20-46)23-32(35(33)54-39)52-38(50)30-14-9-11-27(21-30)15-16-34(47)51-26-40(41,42)43/h9-16,21-22,24,32-33,35,46H,3-8,17-20,23,25-26H2,1-2H3,(H,44,48)(H,45,49)/t32-,33-,35+/m1/s1. The number of carbonyl (C=O) groups excluding carboxylic acids is 4. The predicted octanol–water partition coefficient (Wildman–Crippen LogP) is 6.34. The number of aliphatic hydroxyl groups excluding tert-OH is 1. The van der Waals surface area contributed by atoms with Crippen LogP contribution in [0, 0.1) is 0 Å². The summed E-state index contributed by atoms with van der Waals surface area (Å²) in [7, 11) is 0. The molecule has 54 heavy (non-hydrogen) atoms. The summed E-state index contributed by atoms with van der Waals surface area (Å²) >= 11 is 0. The Morgan fingerprint density at radius 2 is 1.63 bits per heavy atom. The molecule has 0 unspecified atom stereocenters. The second-order valence-electron chi connectivity index (χ2n) is 13.4. The van der Waals surface area contributed by atoms with E-state index in [-0.39, 0.29) is 37.6 Å². The minimum atomic E-state index is -4.66. The summed E-state index contributed by atoms with van der Waals surface area (Å²) in [5.41, 5.74) is 1.84. The molecule has 4 rings (SSSR count). The van der Waals surface area contributed by atoms with Crippen LogP contribution < -0.4 is 10.6 Å². The fourth-order valence-corrected chi connectivity index (χ4v) is 6.33. The van der Waals surface area contributed by atoms with Crippen LogP contribution in [-0.4, -0.2) is 78.9 Å². The molecular weight excluding hydrogens is 709 g/mol. The maximum Gasteiger partial charge on any atom is 0.422 e. The van der Waals surface area contributed by atoms with Gasteiger partial charge in [0.2, 0.25) is 5.91 Å². The van der Waals surface area contributed by atoms with Gasteiger partial charge in [0.25, 0.3) is 5.91 Å². The van der Waals surface area contributed by atoms with E-state index in [1.165, 1.54) is 24.3 Å². The van der Waals surface area contributed by atoms with E-state index in [1.807, 2.05) is 0 Å². The van der Waals surface area contributed by atoms with Crippen LogP contribution in [0.5, 0.6) is 0 Å². The molecule has 1 fully saturated rings. The Morgan fingerprint density at radius 1 is 0.926 bits per heavy atom. The van der Waals surface area contributed by atoms with E-state index in [9.17, 15) is 32.3 Å². The predicted molar refractivity (Wildman–Crippen MR) is 193 cm³/mol. The molecule has 1 saturated heterocycles. The molecule has 3 atom stereocenters. The van der Waals surface area contributed by atoms with Crippen LogP contribution in [0.4, 0.5) is 13.2 Å². The first-order chi connectivity index (χ1) is 25.8. The molecule has 11 nitrogen and oxygen atoms in total. The number of hydrogen-bond donors (Lipinski definition) is 3. The molecule has 2 amide bonds. The number of alkyl halides is 3. The van der Waals surface area contributed by atoms with Gasteiger partial charge in [-0.3, -0.25) is 9.59 Å². The summed E-state index contributed by atoms with van der Waals surface area (Å²) in [4.78, 5) is 51.4. The highest BCUT2D eigenvalue weighted by atomic mass is 19.4. The van der Waals surface area contributed by atoms with E-state index < -0.39 is 54.7 Å². The fraction of sp³-hybridized carbons (Fsp3) is 0.500. The molecule has 294 valence electrons.